The second-order valence-electron chi connectivity index (χ2n) is 5.26. The third-order valence-electron chi connectivity index (χ3n) is 3.56. The molecule has 0 spiro atoms. The molecular weight excluding hydrogens is 256 g/mol. The van der Waals surface area contributed by atoms with Gasteiger partial charge < -0.3 is 10.0 Å². The van der Waals surface area contributed by atoms with Crippen LogP contribution in [-0.4, -0.2) is 54.7 Å². The molecule has 19 heavy (non-hydrogen) atoms. The molecule has 1 fully saturated rings. The van der Waals surface area contributed by atoms with E-state index in [1.54, 1.807) is 11.3 Å². The largest absolute Gasteiger partial charge is 0.384 e. The Hall–Kier alpha value is -0.860. The molecule has 1 atom stereocenters. The van der Waals surface area contributed by atoms with Gasteiger partial charge in [0.05, 0.1) is 0 Å². The summed E-state index contributed by atoms with van der Waals surface area (Å²) in [6.07, 6.45) is 2.59. The third kappa shape index (κ3) is 4.32. The first kappa shape index (κ1) is 14.5. The fraction of sp³-hybridized carbons (Fsp3) is 0.600. The van der Waals surface area contributed by atoms with Crippen LogP contribution in [0.1, 0.15) is 23.3 Å². The van der Waals surface area contributed by atoms with E-state index in [-0.39, 0.29) is 6.61 Å². The number of rotatable bonds is 3. The molecular formula is C15H22N2OS. The van der Waals surface area contributed by atoms with Crippen molar-refractivity contribution < 1.29 is 5.11 Å². The highest BCUT2D eigenvalue weighted by Crippen LogP contribution is 2.20. The predicted molar refractivity (Wildman–Crippen MR) is 80.3 cm³/mol. The number of likely N-dealkylation sites (tertiary alicyclic amines) is 1. The number of piperidine rings is 1. The van der Waals surface area contributed by atoms with E-state index >= 15 is 0 Å². The monoisotopic (exact) mass is 278 g/mol. The minimum Gasteiger partial charge on any atom is -0.384 e. The fourth-order valence-corrected chi connectivity index (χ4v) is 3.34. The summed E-state index contributed by atoms with van der Waals surface area (Å²) in [5.74, 6) is 5.66. The first-order valence-electron chi connectivity index (χ1n) is 6.75. The molecule has 0 aromatic carbocycles. The van der Waals surface area contributed by atoms with Crippen molar-refractivity contribution in [3.8, 4) is 11.8 Å². The van der Waals surface area contributed by atoms with Gasteiger partial charge in [-0.15, -0.1) is 11.3 Å². The zero-order chi connectivity index (χ0) is 13.7. The van der Waals surface area contributed by atoms with Crippen molar-refractivity contribution in [1.82, 2.24) is 9.80 Å². The Bertz CT molecular complexity index is 458. The van der Waals surface area contributed by atoms with Crippen LogP contribution < -0.4 is 0 Å². The Morgan fingerprint density at radius 1 is 1.53 bits per heavy atom. The van der Waals surface area contributed by atoms with Gasteiger partial charge in [0, 0.05) is 35.0 Å². The van der Waals surface area contributed by atoms with E-state index in [2.05, 4.69) is 47.2 Å². The highest BCUT2D eigenvalue weighted by atomic mass is 32.1. The maximum atomic E-state index is 8.69. The lowest BCUT2D eigenvalue weighted by atomic mass is 10.0. The maximum Gasteiger partial charge on any atom is 0.104 e. The highest BCUT2D eigenvalue weighted by molar-refractivity contribution is 7.10. The summed E-state index contributed by atoms with van der Waals surface area (Å²) >= 11 is 1.76. The summed E-state index contributed by atoms with van der Waals surface area (Å²) < 4.78 is 0. The quantitative estimate of drug-likeness (QED) is 0.851. The molecule has 0 saturated carbocycles. The Balaban J connectivity index is 1.91. The molecule has 1 aliphatic heterocycles. The molecule has 3 nitrogen and oxygen atoms in total. The summed E-state index contributed by atoms with van der Waals surface area (Å²) in [6.45, 7) is 3.31. The fourth-order valence-electron chi connectivity index (χ4n) is 2.49. The van der Waals surface area contributed by atoms with Gasteiger partial charge >= 0.3 is 0 Å². The standard InChI is InChI=1S/C15H22N2OS/c1-16(2)14-6-3-7-17(10-14)11-15-9-13(12-19-15)5-4-8-18/h9,12,14,18H,3,6-8,10-11H2,1-2H3. The summed E-state index contributed by atoms with van der Waals surface area (Å²) in [4.78, 5) is 6.23. The van der Waals surface area contributed by atoms with E-state index < -0.39 is 0 Å². The predicted octanol–water partition coefficient (Wildman–Crippen LogP) is 1.62. The summed E-state index contributed by atoms with van der Waals surface area (Å²) in [6, 6.07) is 2.83. The Labute approximate surface area is 119 Å². The van der Waals surface area contributed by atoms with E-state index in [4.69, 9.17) is 5.11 Å². The topological polar surface area (TPSA) is 26.7 Å². The van der Waals surface area contributed by atoms with Crippen LogP contribution in [0.15, 0.2) is 11.4 Å². The van der Waals surface area contributed by atoms with E-state index in [0.29, 0.717) is 6.04 Å². The highest BCUT2D eigenvalue weighted by Gasteiger charge is 2.21. The van der Waals surface area contributed by atoms with Crippen molar-refractivity contribution in [2.45, 2.75) is 25.4 Å². The van der Waals surface area contributed by atoms with Crippen molar-refractivity contribution in [3.05, 3.63) is 21.9 Å². The maximum absolute atomic E-state index is 8.69. The Kier molecular flexibility index (Phi) is 5.41. The lowest BCUT2D eigenvalue weighted by molar-refractivity contribution is 0.129. The van der Waals surface area contributed by atoms with Crippen LogP contribution in [-0.2, 0) is 6.54 Å². The number of thiophene rings is 1. The van der Waals surface area contributed by atoms with E-state index in [9.17, 15) is 0 Å². The lowest BCUT2D eigenvalue weighted by Gasteiger charge is -2.35. The average Bonchev–Trinajstić information content (AvgIpc) is 2.84. The number of aliphatic hydroxyl groups excluding tert-OH is 1. The van der Waals surface area contributed by atoms with Crippen LogP contribution >= 0.6 is 11.3 Å². The van der Waals surface area contributed by atoms with Gasteiger partial charge in [-0.1, -0.05) is 11.8 Å². The number of likely N-dealkylation sites (N-methyl/N-ethyl adjacent to an activating group) is 1. The van der Waals surface area contributed by atoms with E-state index in [0.717, 1.165) is 18.7 Å². The van der Waals surface area contributed by atoms with E-state index in [1.807, 2.05) is 0 Å². The van der Waals surface area contributed by atoms with Crippen LogP contribution in [0.5, 0.6) is 0 Å². The van der Waals surface area contributed by atoms with Crippen molar-refractivity contribution >= 4 is 11.3 Å². The van der Waals surface area contributed by atoms with Crippen molar-refractivity contribution in [3.63, 3.8) is 0 Å². The molecule has 1 unspecified atom stereocenters. The molecule has 0 bridgehead atoms. The van der Waals surface area contributed by atoms with Crippen LogP contribution in [0, 0.1) is 11.8 Å². The van der Waals surface area contributed by atoms with Crippen LogP contribution in [0.2, 0.25) is 0 Å². The summed E-state index contributed by atoms with van der Waals surface area (Å²) in [5.41, 5.74) is 1.02. The molecule has 104 valence electrons. The number of aliphatic hydroxyl groups is 1. The van der Waals surface area contributed by atoms with Gasteiger partial charge in [-0.05, 0) is 39.5 Å². The molecule has 0 aliphatic carbocycles. The van der Waals surface area contributed by atoms with E-state index in [1.165, 1.54) is 24.3 Å². The molecule has 4 heteroatoms. The lowest BCUT2D eigenvalue weighted by Crippen LogP contribution is -2.44. The molecule has 1 aliphatic rings. The molecule has 2 rings (SSSR count). The van der Waals surface area contributed by atoms with Crippen LogP contribution in [0.3, 0.4) is 0 Å². The molecule has 0 radical (unpaired) electrons. The third-order valence-corrected chi connectivity index (χ3v) is 4.48. The second-order valence-corrected chi connectivity index (χ2v) is 6.25. The van der Waals surface area contributed by atoms with Gasteiger partial charge in [-0.3, -0.25) is 4.90 Å². The first-order chi connectivity index (χ1) is 9.19. The van der Waals surface area contributed by atoms with Gasteiger partial charge in [0.2, 0.25) is 0 Å². The summed E-state index contributed by atoms with van der Waals surface area (Å²) in [7, 11) is 4.34. The molecule has 1 saturated heterocycles. The molecule has 1 aromatic rings. The normalized spacial score (nSPS) is 20.3. The summed E-state index contributed by atoms with van der Waals surface area (Å²) in [5, 5.41) is 10.8. The average molecular weight is 278 g/mol. The smallest absolute Gasteiger partial charge is 0.104 e. The van der Waals surface area contributed by atoms with Gasteiger partial charge in [0.1, 0.15) is 6.61 Å². The van der Waals surface area contributed by atoms with Crippen LogP contribution in [0.4, 0.5) is 0 Å². The van der Waals surface area contributed by atoms with Crippen LogP contribution in [0.25, 0.3) is 0 Å². The Morgan fingerprint density at radius 2 is 2.37 bits per heavy atom. The van der Waals surface area contributed by atoms with Crippen molar-refractivity contribution in [2.24, 2.45) is 0 Å². The molecule has 0 amide bonds. The zero-order valence-electron chi connectivity index (χ0n) is 11.7. The Morgan fingerprint density at radius 3 is 3.11 bits per heavy atom. The number of hydrogen-bond donors (Lipinski definition) is 1. The van der Waals surface area contributed by atoms with Gasteiger partial charge in [0.25, 0.3) is 0 Å². The minimum atomic E-state index is -0.0676. The number of nitrogens with zero attached hydrogens (tertiary/aromatic N) is 2. The van der Waals surface area contributed by atoms with Crippen molar-refractivity contribution in [1.29, 1.82) is 0 Å². The second kappa shape index (κ2) is 7.06. The first-order valence-corrected chi connectivity index (χ1v) is 7.63. The van der Waals surface area contributed by atoms with Gasteiger partial charge in [-0.25, -0.2) is 0 Å². The molecule has 1 N–H and O–H groups in total. The van der Waals surface area contributed by atoms with Crippen molar-refractivity contribution in [2.75, 3.05) is 33.8 Å². The number of hydrogen-bond acceptors (Lipinski definition) is 4. The zero-order valence-corrected chi connectivity index (χ0v) is 12.5. The minimum absolute atomic E-state index is 0.0676. The van der Waals surface area contributed by atoms with Gasteiger partial charge in [-0.2, -0.15) is 0 Å². The molecule has 2 heterocycles. The molecule has 1 aromatic heterocycles. The SMILES string of the molecule is CN(C)C1CCCN(Cc2cc(C#CCO)cs2)C1. The van der Waals surface area contributed by atoms with Gasteiger partial charge in [0.15, 0.2) is 0 Å².